The summed E-state index contributed by atoms with van der Waals surface area (Å²) >= 11 is 0. The number of carbonyl (C=O) groups excluding carboxylic acids is 1. The maximum atomic E-state index is 12.2. The number of anilines is 1. The molecule has 1 aromatic carbocycles. The van der Waals surface area contributed by atoms with E-state index in [1.807, 2.05) is 24.3 Å². The van der Waals surface area contributed by atoms with Crippen molar-refractivity contribution in [1.29, 1.82) is 0 Å². The van der Waals surface area contributed by atoms with E-state index >= 15 is 0 Å². The molecule has 23 heavy (non-hydrogen) atoms. The lowest BCUT2D eigenvalue weighted by molar-refractivity contribution is 0.101. The van der Waals surface area contributed by atoms with Gasteiger partial charge in [-0.1, -0.05) is 12.1 Å². The highest BCUT2D eigenvalue weighted by atomic mass is 16.5. The molecular weight excluding hydrogens is 298 g/mol. The van der Waals surface area contributed by atoms with Crippen molar-refractivity contribution in [3.8, 4) is 5.75 Å². The fourth-order valence-electron chi connectivity index (χ4n) is 1.91. The molecule has 0 atom stereocenters. The first-order valence-corrected chi connectivity index (χ1v) is 6.73. The van der Waals surface area contributed by atoms with Gasteiger partial charge in [-0.2, -0.15) is 0 Å². The van der Waals surface area contributed by atoms with Crippen LogP contribution in [0.15, 0.2) is 42.9 Å². The number of tetrazole rings is 1. The number of rotatable bonds is 5. The highest BCUT2D eigenvalue weighted by Gasteiger charge is 2.16. The fraction of sp³-hybridized carbons (Fsp3) is 0.143. The predicted octanol–water partition coefficient (Wildman–Crippen LogP) is 0.772. The summed E-state index contributed by atoms with van der Waals surface area (Å²) in [4.78, 5) is 20.1. The van der Waals surface area contributed by atoms with Gasteiger partial charge in [0.05, 0.1) is 19.9 Å². The van der Waals surface area contributed by atoms with Gasteiger partial charge in [0, 0.05) is 12.4 Å². The van der Waals surface area contributed by atoms with Crippen molar-refractivity contribution in [2.45, 2.75) is 6.54 Å². The van der Waals surface area contributed by atoms with E-state index < -0.39 is 5.91 Å². The largest absolute Gasteiger partial charge is 0.497 e. The summed E-state index contributed by atoms with van der Waals surface area (Å²) < 4.78 is 6.52. The number of methoxy groups -OCH3 is 1. The van der Waals surface area contributed by atoms with E-state index in [0.29, 0.717) is 12.4 Å². The van der Waals surface area contributed by atoms with Crippen molar-refractivity contribution in [3.05, 3.63) is 54.2 Å². The number of hydrogen-bond donors (Lipinski definition) is 1. The summed E-state index contributed by atoms with van der Waals surface area (Å²) in [5.74, 6) is 0.720. The third kappa shape index (κ3) is 3.46. The monoisotopic (exact) mass is 311 g/mol. The first kappa shape index (κ1) is 14.6. The molecule has 9 nitrogen and oxygen atoms in total. The van der Waals surface area contributed by atoms with Gasteiger partial charge < -0.3 is 10.1 Å². The van der Waals surface area contributed by atoms with Crippen LogP contribution in [0.5, 0.6) is 5.75 Å². The zero-order chi connectivity index (χ0) is 16.1. The molecule has 2 heterocycles. The number of nitrogens with one attached hydrogen (secondary N) is 1. The van der Waals surface area contributed by atoms with Crippen LogP contribution in [-0.2, 0) is 6.54 Å². The Labute approximate surface area is 131 Å². The van der Waals surface area contributed by atoms with Crippen LogP contribution >= 0.6 is 0 Å². The molecule has 0 aliphatic heterocycles. The van der Waals surface area contributed by atoms with Gasteiger partial charge in [0.2, 0.25) is 5.82 Å². The Morgan fingerprint density at radius 2 is 2.09 bits per heavy atom. The molecule has 0 bridgehead atoms. The highest BCUT2D eigenvalue weighted by molar-refractivity contribution is 6.00. The molecule has 0 radical (unpaired) electrons. The zero-order valence-corrected chi connectivity index (χ0v) is 12.2. The number of nitrogens with zero attached hydrogens (tertiary/aromatic N) is 6. The number of hydrogen-bond acceptors (Lipinski definition) is 7. The van der Waals surface area contributed by atoms with Crippen LogP contribution in [0.1, 0.15) is 16.2 Å². The first-order valence-electron chi connectivity index (χ1n) is 6.73. The average Bonchev–Trinajstić information content (AvgIpc) is 3.05. The molecule has 2 aromatic heterocycles. The number of ether oxygens (including phenoxy) is 1. The summed E-state index contributed by atoms with van der Waals surface area (Å²) in [6, 6.07) is 7.42. The van der Waals surface area contributed by atoms with Crippen LogP contribution in [0.25, 0.3) is 0 Å². The molecule has 3 rings (SSSR count). The van der Waals surface area contributed by atoms with Gasteiger partial charge in [0.25, 0.3) is 5.91 Å². The van der Waals surface area contributed by atoms with Gasteiger partial charge in [0.1, 0.15) is 5.75 Å². The minimum absolute atomic E-state index is 0.0893. The van der Waals surface area contributed by atoms with Crippen molar-refractivity contribution >= 4 is 11.7 Å². The van der Waals surface area contributed by atoms with E-state index in [4.69, 9.17) is 4.74 Å². The summed E-state index contributed by atoms with van der Waals surface area (Å²) in [5, 5.41) is 13.8. The SMILES string of the molecule is COc1ccc(Cn2nnnc2C(=O)Nc2cnccn2)cc1. The van der Waals surface area contributed by atoms with Gasteiger partial charge in [-0.05, 0) is 28.1 Å². The molecule has 0 aliphatic carbocycles. The van der Waals surface area contributed by atoms with Crippen molar-refractivity contribution < 1.29 is 9.53 Å². The van der Waals surface area contributed by atoms with Gasteiger partial charge >= 0.3 is 0 Å². The second kappa shape index (κ2) is 6.60. The van der Waals surface area contributed by atoms with Crippen LogP contribution in [0.3, 0.4) is 0 Å². The Bertz CT molecular complexity index is 786. The molecule has 116 valence electrons. The molecule has 0 saturated heterocycles. The third-order valence-electron chi connectivity index (χ3n) is 3.03. The number of benzene rings is 1. The van der Waals surface area contributed by atoms with Gasteiger partial charge in [-0.3, -0.25) is 9.78 Å². The van der Waals surface area contributed by atoms with Gasteiger partial charge in [0.15, 0.2) is 5.82 Å². The Kier molecular flexibility index (Phi) is 4.18. The predicted molar refractivity (Wildman–Crippen MR) is 79.9 cm³/mol. The van der Waals surface area contributed by atoms with Crippen molar-refractivity contribution in [2.75, 3.05) is 12.4 Å². The average molecular weight is 311 g/mol. The number of amides is 1. The maximum absolute atomic E-state index is 12.2. The Hall–Kier alpha value is -3.36. The molecule has 9 heteroatoms. The highest BCUT2D eigenvalue weighted by Crippen LogP contribution is 2.12. The summed E-state index contributed by atoms with van der Waals surface area (Å²) in [6.07, 6.45) is 4.44. The van der Waals surface area contributed by atoms with Crippen LogP contribution in [0.2, 0.25) is 0 Å². The van der Waals surface area contributed by atoms with E-state index in [1.165, 1.54) is 23.3 Å². The van der Waals surface area contributed by atoms with Crippen LogP contribution < -0.4 is 10.1 Å². The minimum atomic E-state index is -0.455. The van der Waals surface area contributed by atoms with Crippen LogP contribution in [0, 0.1) is 0 Å². The molecule has 1 amide bonds. The lowest BCUT2D eigenvalue weighted by Gasteiger charge is -2.06. The fourth-order valence-corrected chi connectivity index (χ4v) is 1.91. The van der Waals surface area contributed by atoms with Gasteiger partial charge in [-0.15, -0.1) is 5.10 Å². The smallest absolute Gasteiger partial charge is 0.296 e. The van der Waals surface area contributed by atoms with E-state index in [1.54, 1.807) is 7.11 Å². The van der Waals surface area contributed by atoms with Crippen molar-refractivity contribution in [2.24, 2.45) is 0 Å². The molecule has 3 aromatic rings. The molecule has 1 N–H and O–H groups in total. The summed E-state index contributed by atoms with van der Waals surface area (Å²) in [6.45, 7) is 0.361. The Morgan fingerprint density at radius 3 is 2.78 bits per heavy atom. The van der Waals surface area contributed by atoms with E-state index in [9.17, 15) is 4.79 Å². The molecule has 0 spiro atoms. The van der Waals surface area contributed by atoms with E-state index in [0.717, 1.165) is 11.3 Å². The Balaban J connectivity index is 1.74. The molecular formula is C14H13N7O2. The quantitative estimate of drug-likeness (QED) is 0.741. The van der Waals surface area contributed by atoms with Crippen molar-refractivity contribution in [3.63, 3.8) is 0 Å². The molecule has 0 unspecified atom stereocenters. The van der Waals surface area contributed by atoms with E-state index in [-0.39, 0.29) is 5.82 Å². The first-order chi connectivity index (χ1) is 11.3. The molecule has 0 fully saturated rings. The summed E-state index contributed by atoms with van der Waals surface area (Å²) in [7, 11) is 1.60. The van der Waals surface area contributed by atoms with Crippen LogP contribution in [-0.4, -0.2) is 43.2 Å². The lowest BCUT2D eigenvalue weighted by Crippen LogP contribution is -2.20. The maximum Gasteiger partial charge on any atom is 0.296 e. The number of aromatic nitrogens is 6. The molecule has 0 aliphatic rings. The standard InChI is InChI=1S/C14H13N7O2/c1-23-11-4-2-10(3-5-11)9-21-13(18-19-20-21)14(22)17-12-8-15-6-7-16-12/h2-8H,9H2,1H3,(H,16,17,22). The van der Waals surface area contributed by atoms with Crippen molar-refractivity contribution in [1.82, 2.24) is 30.2 Å². The number of carbonyl (C=O) groups is 1. The molecule has 0 saturated carbocycles. The normalized spacial score (nSPS) is 10.3. The van der Waals surface area contributed by atoms with E-state index in [2.05, 4.69) is 30.8 Å². The van der Waals surface area contributed by atoms with Gasteiger partial charge in [-0.25, -0.2) is 9.67 Å². The minimum Gasteiger partial charge on any atom is -0.497 e. The zero-order valence-electron chi connectivity index (χ0n) is 12.2. The third-order valence-corrected chi connectivity index (χ3v) is 3.03. The lowest BCUT2D eigenvalue weighted by atomic mass is 10.2. The van der Waals surface area contributed by atoms with Crippen LogP contribution in [0.4, 0.5) is 5.82 Å². The topological polar surface area (TPSA) is 108 Å². The Morgan fingerprint density at radius 1 is 1.26 bits per heavy atom. The second-order valence-corrected chi connectivity index (χ2v) is 4.55. The summed E-state index contributed by atoms with van der Waals surface area (Å²) in [5.41, 5.74) is 0.937. The second-order valence-electron chi connectivity index (χ2n) is 4.55.